The number of para-hydroxylation sites is 1. The Morgan fingerprint density at radius 1 is 1.26 bits per heavy atom. The Morgan fingerprint density at radius 2 is 2.00 bits per heavy atom. The second-order valence-electron chi connectivity index (χ2n) is 6.47. The molecular formula is C17H19N7O3. The van der Waals surface area contributed by atoms with Gasteiger partial charge >= 0.3 is 5.69 Å². The van der Waals surface area contributed by atoms with Crippen LogP contribution >= 0.6 is 0 Å². The van der Waals surface area contributed by atoms with Gasteiger partial charge in [0.15, 0.2) is 11.2 Å². The van der Waals surface area contributed by atoms with E-state index in [1.807, 2.05) is 41.5 Å². The molecule has 0 saturated carbocycles. The van der Waals surface area contributed by atoms with E-state index < -0.39 is 23.7 Å². The first-order chi connectivity index (χ1) is 12.9. The molecule has 10 heteroatoms. The van der Waals surface area contributed by atoms with Crippen molar-refractivity contribution in [1.29, 1.82) is 0 Å². The molecule has 0 atom stereocenters. The van der Waals surface area contributed by atoms with Gasteiger partial charge in [0.1, 0.15) is 6.54 Å². The number of hydrogen-bond acceptors (Lipinski definition) is 6. The maximum Gasteiger partial charge on any atom is 0.332 e. The summed E-state index contributed by atoms with van der Waals surface area (Å²) in [5.74, 6) is 5.07. The maximum atomic E-state index is 12.9. The highest BCUT2D eigenvalue weighted by Crippen LogP contribution is 2.33. The second-order valence-corrected chi connectivity index (χ2v) is 6.47. The van der Waals surface area contributed by atoms with E-state index >= 15 is 0 Å². The first-order valence-electron chi connectivity index (χ1n) is 8.46. The Balaban J connectivity index is 1.95. The van der Waals surface area contributed by atoms with Gasteiger partial charge in [-0.25, -0.2) is 15.2 Å². The van der Waals surface area contributed by atoms with Gasteiger partial charge in [-0.1, -0.05) is 18.2 Å². The number of aryl methyl sites for hydroxylation is 2. The van der Waals surface area contributed by atoms with Crippen LogP contribution in [0.4, 0.5) is 11.6 Å². The first kappa shape index (κ1) is 17.0. The van der Waals surface area contributed by atoms with Gasteiger partial charge in [-0.15, -0.1) is 0 Å². The molecule has 1 aliphatic heterocycles. The number of carbonyl (C=O) groups is 1. The summed E-state index contributed by atoms with van der Waals surface area (Å²) in [7, 11) is 1.53. The molecule has 2 aromatic heterocycles. The van der Waals surface area contributed by atoms with E-state index in [9.17, 15) is 14.4 Å². The van der Waals surface area contributed by atoms with Gasteiger partial charge in [0.2, 0.25) is 5.95 Å². The van der Waals surface area contributed by atoms with Crippen LogP contribution in [0.1, 0.15) is 5.56 Å². The fourth-order valence-corrected chi connectivity index (χ4v) is 3.50. The molecule has 0 unspecified atom stereocenters. The minimum Gasteiger partial charge on any atom is -0.310 e. The standard InChI is InChI=1S/C17H19N7O3/c1-10-5-3-4-6-11(10)22-7-8-23-13-14(19-16(22)23)21(2)17(27)24(15(13)26)9-12(25)20-18/h3-6H,7-9,18H2,1-2H3,(H,20,25). The molecular weight excluding hydrogens is 350 g/mol. The lowest BCUT2D eigenvalue weighted by atomic mass is 10.2. The van der Waals surface area contributed by atoms with Crippen LogP contribution in [0.25, 0.3) is 11.2 Å². The number of hydrazine groups is 1. The largest absolute Gasteiger partial charge is 0.332 e. The fourth-order valence-electron chi connectivity index (χ4n) is 3.50. The zero-order valence-corrected chi connectivity index (χ0v) is 15.0. The van der Waals surface area contributed by atoms with Crippen LogP contribution in [0.2, 0.25) is 0 Å². The minimum absolute atomic E-state index is 0.294. The van der Waals surface area contributed by atoms with Crippen LogP contribution in [0.15, 0.2) is 33.9 Å². The highest BCUT2D eigenvalue weighted by atomic mass is 16.2. The van der Waals surface area contributed by atoms with Gasteiger partial charge in [-0.05, 0) is 18.6 Å². The Kier molecular flexibility index (Phi) is 3.84. The highest BCUT2D eigenvalue weighted by molar-refractivity contribution is 5.79. The Labute approximate surface area is 153 Å². The molecule has 0 bridgehead atoms. The average molecular weight is 369 g/mol. The second kappa shape index (κ2) is 6.09. The van der Waals surface area contributed by atoms with E-state index in [4.69, 9.17) is 5.84 Å². The van der Waals surface area contributed by atoms with E-state index in [1.165, 1.54) is 11.6 Å². The first-order valence-corrected chi connectivity index (χ1v) is 8.46. The van der Waals surface area contributed by atoms with Gasteiger partial charge in [0.25, 0.3) is 11.5 Å². The summed E-state index contributed by atoms with van der Waals surface area (Å²) >= 11 is 0. The Bertz CT molecular complexity index is 1190. The van der Waals surface area contributed by atoms with Crippen LogP contribution in [0.3, 0.4) is 0 Å². The molecule has 3 heterocycles. The van der Waals surface area contributed by atoms with Crippen molar-refractivity contribution in [2.24, 2.45) is 12.9 Å². The van der Waals surface area contributed by atoms with E-state index in [1.54, 1.807) is 4.57 Å². The lowest BCUT2D eigenvalue weighted by molar-refractivity contribution is -0.121. The van der Waals surface area contributed by atoms with Crippen molar-refractivity contribution in [1.82, 2.24) is 24.1 Å². The van der Waals surface area contributed by atoms with Crippen LogP contribution in [0.5, 0.6) is 0 Å². The summed E-state index contributed by atoms with van der Waals surface area (Å²) in [6, 6.07) is 7.91. The normalized spacial score (nSPS) is 13.2. The van der Waals surface area contributed by atoms with E-state index in [0.29, 0.717) is 30.2 Å². The highest BCUT2D eigenvalue weighted by Gasteiger charge is 2.29. The van der Waals surface area contributed by atoms with E-state index in [2.05, 4.69) is 4.98 Å². The summed E-state index contributed by atoms with van der Waals surface area (Å²) in [6.07, 6.45) is 0. The summed E-state index contributed by atoms with van der Waals surface area (Å²) in [6.45, 7) is 2.78. The molecule has 27 heavy (non-hydrogen) atoms. The maximum absolute atomic E-state index is 12.9. The van der Waals surface area contributed by atoms with Crippen molar-refractivity contribution in [3.05, 3.63) is 50.7 Å². The summed E-state index contributed by atoms with van der Waals surface area (Å²) in [5.41, 5.74) is 3.45. The molecule has 1 amide bonds. The Morgan fingerprint density at radius 3 is 2.70 bits per heavy atom. The SMILES string of the molecule is Cc1ccccc1N1CCn2c1nc1c2c(=O)n(CC(=O)NN)c(=O)n1C. The lowest BCUT2D eigenvalue weighted by Crippen LogP contribution is -2.44. The quantitative estimate of drug-likeness (QED) is 0.359. The molecule has 0 aliphatic carbocycles. The molecule has 4 rings (SSSR count). The molecule has 0 spiro atoms. The van der Waals surface area contributed by atoms with Crippen molar-refractivity contribution in [3.63, 3.8) is 0 Å². The number of rotatable bonds is 3. The number of benzene rings is 1. The number of amides is 1. The van der Waals surface area contributed by atoms with E-state index in [-0.39, 0.29) is 0 Å². The van der Waals surface area contributed by atoms with Crippen molar-refractivity contribution < 1.29 is 4.79 Å². The van der Waals surface area contributed by atoms with Crippen LogP contribution in [0, 0.1) is 6.92 Å². The summed E-state index contributed by atoms with van der Waals surface area (Å²) < 4.78 is 3.94. The van der Waals surface area contributed by atoms with Gasteiger partial charge in [0.05, 0.1) is 0 Å². The predicted octanol–water partition coefficient (Wildman–Crippen LogP) is -0.653. The average Bonchev–Trinajstić information content (AvgIpc) is 3.23. The number of nitrogens with one attached hydrogen (secondary N) is 1. The van der Waals surface area contributed by atoms with Gasteiger partial charge < -0.3 is 9.47 Å². The van der Waals surface area contributed by atoms with Crippen molar-refractivity contribution >= 4 is 28.7 Å². The molecule has 3 N–H and O–H groups in total. The summed E-state index contributed by atoms with van der Waals surface area (Å²) in [5, 5.41) is 0. The van der Waals surface area contributed by atoms with Crippen molar-refractivity contribution in [3.8, 4) is 0 Å². The molecule has 0 saturated heterocycles. The number of nitrogens with zero attached hydrogens (tertiary/aromatic N) is 5. The van der Waals surface area contributed by atoms with Crippen molar-refractivity contribution in [2.45, 2.75) is 20.0 Å². The molecule has 1 aromatic carbocycles. The monoisotopic (exact) mass is 369 g/mol. The zero-order chi connectivity index (χ0) is 19.3. The van der Waals surface area contributed by atoms with Gasteiger partial charge in [0, 0.05) is 25.8 Å². The number of anilines is 2. The Hall–Kier alpha value is -3.40. The molecule has 0 radical (unpaired) electrons. The number of fused-ring (bicyclic) bond motifs is 3. The smallest absolute Gasteiger partial charge is 0.310 e. The predicted molar refractivity (Wildman–Crippen MR) is 99.7 cm³/mol. The van der Waals surface area contributed by atoms with Crippen LogP contribution in [-0.2, 0) is 24.9 Å². The third-order valence-corrected chi connectivity index (χ3v) is 4.87. The molecule has 10 nitrogen and oxygen atoms in total. The minimum atomic E-state index is -0.628. The molecule has 0 fully saturated rings. The van der Waals surface area contributed by atoms with Crippen LogP contribution < -0.4 is 27.4 Å². The lowest BCUT2D eigenvalue weighted by Gasteiger charge is -2.18. The van der Waals surface area contributed by atoms with Crippen LogP contribution in [-0.4, -0.2) is 31.1 Å². The number of carbonyl (C=O) groups excluding carboxylic acids is 1. The summed E-state index contributed by atoms with van der Waals surface area (Å²) in [4.78, 5) is 43.7. The van der Waals surface area contributed by atoms with Gasteiger partial charge in [-0.3, -0.25) is 19.6 Å². The third kappa shape index (κ3) is 2.45. The number of aromatic nitrogens is 4. The van der Waals surface area contributed by atoms with E-state index in [0.717, 1.165) is 15.8 Å². The van der Waals surface area contributed by atoms with Gasteiger partial charge in [-0.2, -0.15) is 4.98 Å². The van der Waals surface area contributed by atoms with Crippen molar-refractivity contribution in [2.75, 3.05) is 11.4 Å². The number of hydrogen-bond donors (Lipinski definition) is 2. The molecule has 3 aromatic rings. The third-order valence-electron chi connectivity index (χ3n) is 4.87. The zero-order valence-electron chi connectivity index (χ0n) is 15.0. The number of imidazole rings is 1. The molecule has 1 aliphatic rings. The number of nitrogens with two attached hydrogens (primary N) is 1. The molecule has 140 valence electrons. The fraction of sp³-hybridized carbons (Fsp3) is 0.294. The topological polar surface area (TPSA) is 120 Å².